The van der Waals surface area contributed by atoms with Gasteiger partial charge in [-0.05, 0) is 49.5 Å². The highest BCUT2D eigenvalue weighted by Crippen LogP contribution is 2.32. The summed E-state index contributed by atoms with van der Waals surface area (Å²) in [5, 5.41) is 9.29. The quantitative estimate of drug-likeness (QED) is 0.893. The zero-order valence-corrected chi connectivity index (χ0v) is 14.1. The van der Waals surface area contributed by atoms with Crippen LogP contribution in [-0.4, -0.2) is 29.1 Å². The number of carboxylic acid groups (broad SMARTS) is 1. The van der Waals surface area contributed by atoms with Crippen LogP contribution in [0.1, 0.15) is 40.2 Å². The first-order valence-corrected chi connectivity index (χ1v) is 7.93. The van der Waals surface area contributed by atoms with Gasteiger partial charge in [0.05, 0.1) is 5.56 Å². The van der Waals surface area contributed by atoms with Crippen molar-refractivity contribution in [1.82, 2.24) is 4.90 Å². The Bertz CT molecular complexity index is 685. The van der Waals surface area contributed by atoms with Crippen LogP contribution in [0.25, 0.3) is 0 Å². The van der Waals surface area contributed by atoms with Crippen LogP contribution in [-0.2, 0) is 6.54 Å². The number of benzene rings is 2. The molecule has 0 saturated carbocycles. The number of rotatable bonds is 4. The van der Waals surface area contributed by atoms with Crippen LogP contribution in [0.15, 0.2) is 48.5 Å². The van der Waals surface area contributed by atoms with Crippen molar-refractivity contribution in [3.05, 3.63) is 71.0 Å². The van der Waals surface area contributed by atoms with E-state index < -0.39 is 11.8 Å². The molecule has 2 aromatic rings. The summed E-state index contributed by atoms with van der Waals surface area (Å²) >= 11 is 0. The number of nitrogens with zero attached hydrogens (tertiary/aromatic N) is 1. The molecule has 0 unspecified atom stereocenters. The molecule has 0 spiro atoms. The van der Waals surface area contributed by atoms with Gasteiger partial charge in [-0.15, -0.1) is 12.4 Å². The van der Waals surface area contributed by atoms with E-state index in [1.54, 1.807) is 0 Å². The summed E-state index contributed by atoms with van der Waals surface area (Å²) in [6, 6.07) is 14.6. The summed E-state index contributed by atoms with van der Waals surface area (Å²) in [6.45, 7) is 2.59. The Morgan fingerprint density at radius 2 is 1.75 bits per heavy atom. The van der Waals surface area contributed by atoms with E-state index in [1.165, 1.54) is 23.8 Å². The maximum atomic E-state index is 14.2. The minimum Gasteiger partial charge on any atom is -0.478 e. The average molecular weight is 350 g/mol. The van der Waals surface area contributed by atoms with Gasteiger partial charge in [0, 0.05) is 12.1 Å². The summed E-state index contributed by atoms with van der Waals surface area (Å²) in [5.41, 5.74) is 1.74. The molecule has 0 atom stereocenters. The van der Waals surface area contributed by atoms with E-state index in [0.717, 1.165) is 32.5 Å². The summed E-state index contributed by atoms with van der Waals surface area (Å²) in [7, 11) is 0. The van der Waals surface area contributed by atoms with Gasteiger partial charge < -0.3 is 5.11 Å². The maximum Gasteiger partial charge on any atom is 0.336 e. The molecule has 1 N–H and O–H groups in total. The molecule has 0 radical (unpaired) electrons. The van der Waals surface area contributed by atoms with Gasteiger partial charge in [0.1, 0.15) is 5.82 Å². The number of halogens is 2. The van der Waals surface area contributed by atoms with E-state index in [1.807, 2.05) is 18.2 Å². The number of piperidine rings is 1. The Kier molecular flexibility index (Phi) is 6.35. The predicted octanol–water partition coefficient (Wildman–Crippen LogP) is 4.33. The highest BCUT2D eigenvalue weighted by atomic mass is 35.5. The monoisotopic (exact) mass is 349 g/mol. The lowest BCUT2D eigenvalue weighted by Crippen LogP contribution is -2.33. The number of likely N-dealkylation sites (tertiary alicyclic amines) is 1. The minimum atomic E-state index is -1.05. The lowest BCUT2D eigenvalue weighted by Gasteiger charge is -2.32. The highest BCUT2D eigenvalue weighted by molar-refractivity contribution is 5.89. The second-order valence-corrected chi connectivity index (χ2v) is 6.04. The van der Waals surface area contributed by atoms with Crippen LogP contribution >= 0.6 is 12.4 Å². The molecule has 0 aliphatic carbocycles. The fourth-order valence-electron chi connectivity index (χ4n) is 3.36. The number of carbonyl (C=O) groups is 1. The van der Waals surface area contributed by atoms with Gasteiger partial charge in [-0.25, -0.2) is 9.18 Å². The molecule has 0 bridgehead atoms. The molecule has 2 aromatic carbocycles. The SMILES string of the molecule is Cl.O=C(O)c1cccc(F)c1C1CCN(Cc2ccccc2)CC1. The largest absolute Gasteiger partial charge is 0.478 e. The summed E-state index contributed by atoms with van der Waals surface area (Å²) in [5.74, 6) is -1.47. The summed E-state index contributed by atoms with van der Waals surface area (Å²) in [6.07, 6.45) is 1.57. The zero-order valence-electron chi connectivity index (χ0n) is 13.3. The van der Waals surface area contributed by atoms with Crippen molar-refractivity contribution in [2.45, 2.75) is 25.3 Å². The Labute approximate surface area is 147 Å². The number of hydrogen-bond acceptors (Lipinski definition) is 2. The van der Waals surface area contributed by atoms with Gasteiger partial charge in [0.25, 0.3) is 0 Å². The standard InChI is InChI=1S/C19H20FNO2.ClH/c20-17-8-4-7-16(19(22)23)18(17)15-9-11-21(12-10-15)13-14-5-2-1-3-6-14;/h1-8,15H,9-13H2,(H,22,23);1H. The van der Waals surface area contributed by atoms with Crippen molar-refractivity contribution in [2.75, 3.05) is 13.1 Å². The van der Waals surface area contributed by atoms with Crippen molar-refractivity contribution in [2.24, 2.45) is 0 Å². The van der Waals surface area contributed by atoms with Crippen LogP contribution in [0.2, 0.25) is 0 Å². The molecule has 24 heavy (non-hydrogen) atoms. The van der Waals surface area contributed by atoms with Crippen molar-refractivity contribution in [3.63, 3.8) is 0 Å². The Morgan fingerprint density at radius 3 is 2.38 bits per heavy atom. The molecule has 1 aliphatic heterocycles. The first-order valence-electron chi connectivity index (χ1n) is 7.93. The molecule has 128 valence electrons. The molecule has 1 saturated heterocycles. The molecule has 1 heterocycles. The molecular formula is C19H21ClFNO2. The topological polar surface area (TPSA) is 40.5 Å². The van der Waals surface area contributed by atoms with Gasteiger partial charge in [0.2, 0.25) is 0 Å². The molecule has 1 aliphatic rings. The van der Waals surface area contributed by atoms with Gasteiger partial charge in [-0.2, -0.15) is 0 Å². The van der Waals surface area contributed by atoms with E-state index in [4.69, 9.17) is 0 Å². The molecule has 3 nitrogen and oxygen atoms in total. The fraction of sp³-hybridized carbons (Fsp3) is 0.316. The number of hydrogen-bond donors (Lipinski definition) is 1. The lowest BCUT2D eigenvalue weighted by atomic mass is 9.86. The van der Waals surface area contributed by atoms with E-state index in [-0.39, 0.29) is 23.9 Å². The third-order valence-corrected chi connectivity index (χ3v) is 4.53. The van der Waals surface area contributed by atoms with Gasteiger partial charge in [0.15, 0.2) is 0 Å². The third kappa shape index (κ3) is 4.13. The van der Waals surface area contributed by atoms with Crippen LogP contribution in [0.4, 0.5) is 4.39 Å². The molecule has 1 fully saturated rings. The molecular weight excluding hydrogens is 329 g/mol. The van der Waals surface area contributed by atoms with Crippen molar-refractivity contribution in [1.29, 1.82) is 0 Å². The summed E-state index contributed by atoms with van der Waals surface area (Å²) in [4.78, 5) is 13.7. The average Bonchev–Trinajstić information content (AvgIpc) is 2.56. The van der Waals surface area contributed by atoms with Gasteiger partial charge in [-0.3, -0.25) is 4.90 Å². The zero-order chi connectivity index (χ0) is 16.2. The van der Waals surface area contributed by atoms with Crippen LogP contribution < -0.4 is 0 Å². The van der Waals surface area contributed by atoms with Crippen molar-refractivity contribution in [3.8, 4) is 0 Å². The third-order valence-electron chi connectivity index (χ3n) is 4.53. The Balaban J connectivity index is 0.00000208. The Hall–Kier alpha value is -1.91. The van der Waals surface area contributed by atoms with E-state index in [0.29, 0.717) is 5.56 Å². The second-order valence-electron chi connectivity index (χ2n) is 6.04. The number of carboxylic acids is 1. The fourth-order valence-corrected chi connectivity index (χ4v) is 3.36. The maximum absolute atomic E-state index is 14.2. The predicted molar refractivity (Wildman–Crippen MR) is 94.3 cm³/mol. The van der Waals surface area contributed by atoms with Gasteiger partial charge >= 0.3 is 5.97 Å². The Morgan fingerprint density at radius 1 is 1.08 bits per heavy atom. The smallest absolute Gasteiger partial charge is 0.336 e. The minimum absolute atomic E-state index is 0. The molecule has 0 aromatic heterocycles. The van der Waals surface area contributed by atoms with Crippen molar-refractivity contribution < 1.29 is 14.3 Å². The lowest BCUT2D eigenvalue weighted by molar-refractivity contribution is 0.0693. The van der Waals surface area contributed by atoms with Crippen molar-refractivity contribution >= 4 is 18.4 Å². The van der Waals surface area contributed by atoms with Crippen LogP contribution in [0.5, 0.6) is 0 Å². The molecule has 3 rings (SSSR count). The molecule has 0 amide bonds. The van der Waals surface area contributed by atoms with E-state index >= 15 is 0 Å². The summed E-state index contributed by atoms with van der Waals surface area (Å²) < 4.78 is 14.2. The molecule has 5 heteroatoms. The van der Waals surface area contributed by atoms with Gasteiger partial charge in [-0.1, -0.05) is 36.4 Å². The van der Waals surface area contributed by atoms with Crippen LogP contribution in [0, 0.1) is 5.82 Å². The first kappa shape index (κ1) is 18.4. The highest BCUT2D eigenvalue weighted by Gasteiger charge is 2.26. The number of aromatic carboxylic acids is 1. The second kappa shape index (κ2) is 8.27. The normalized spacial score (nSPS) is 15.7. The van der Waals surface area contributed by atoms with E-state index in [2.05, 4.69) is 17.0 Å². The first-order chi connectivity index (χ1) is 11.1. The van der Waals surface area contributed by atoms with E-state index in [9.17, 15) is 14.3 Å². The van der Waals surface area contributed by atoms with Crippen LogP contribution in [0.3, 0.4) is 0 Å².